The van der Waals surface area contributed by atoms with Crippen LogP contribution in [-0.4, -0.2) is 22.9 Å². The molecule has 1 aliphatic carbocycles. The minimum absolute atomic E-state index is 0.177. The molecular formula is C16H22O2. The number of rotatable bonds is 2. The second-order valence-corrected chi connectivity index (χ2v) is 6.13. The van der Waals surface area contributed by atoms with E-state index in [4.69, 9.17) is 4.74 Å². The molecule has 0 amide bonds. The maximum atomic E-state index is 10.9. The highest BCUT2D eigenvalue weighted by atomic mass is 16.5. The van der Waals surface area contributed by atoms with Gasteiger partial charge in [-0.3, -0.25) is 0 Å². The molecule has 2 heteroatoms. The summed E-state index contributed by atoms with van der Waals surface area (Å²) in [5, 5.41) is 10.9. The lowest BCUT2D eigenvalue weighted by Gasteiger charge is -2.39. The molecule has 18 heavy (non-hydrogen) atoms. The average molecular weight is 246 g/mol. The van der Waals surface area contributed by atoms with Crippen molar-refractivity contribution in [1.82, 2.24) is 0 Å². The van der Waals surface area contributed by atoms with E-state index >= 15 is 0 Å². The molecule has 1 aromatic carbocycles. The van der Waals surface area contributed by atoms with E-state index in [2.05, 4.69) is 38.1 Å². The molecule has 2 aliphatic rings. The molecule has 3 rings (SSSR count). The van der Waals surface area contributed by atoms with Crippen molar-refractivity contribution in [3.05, 3.63) is 35.9 Å². The first-order valence-electron chi connectivity index (χ1n) is 7.01. The van der Waals surface area contributed by atoms with Crippen LogP contribution in [0.15, 0.2) is 30.3 Å². The van der Waals surface area contributed by atoms with E-state index < -0.39 is 5.60 Å². The molecule has 0 radical (unpaired) electrons. The van der Waals surface area contributed by atoms with Crippen molar-refractivity contribution in [2.45, 2.75) is 56.8 Å². The van der Waals surface area contributed by atoms with E-state index in [0.717, 1.165) is 19.3 Å². The van der Waals surface area contributed by atoms with Gasteiger partial charge in [0.05, 0.1) is 17.8 Å². The van der Waals surface area contributed by atoms with Crippen LogP contribution in [0.5, 0.6) is 0 Å². The Morgan fingerprint density at radius 3 is 2.33 bits per heavy atom. The first-order chi connectivity index (χ1) is 8.58. The molecule has 1 aromatic rings. The summed E-state index contributed by atoms with van der Waals surface area (Å²) in [7, 11) is 0. The molecule has 1 saturated heterocycles. The molecule has 98 valence electrons. The molecular weight excluding hydrogens is 224 g/mol. The summed E-state index contributed by atoms with van der Waals surface area (Å²) in [6.07, 6.45) is 3.04. The molecule has 0 spiro atoms. The summed E-state index contributed by atoms with van der Waals surface area (Å²) in [6, 6.07) is 10.6. The van der Waals surface area contributed by atoms with Gasteiger partial charge in [0.25, 0.3) is 0 Å². The van der Waals surface area contributed by atoms with Crippen LogP contribution < -0.4 is 0 Å². The van der Waals surface area contributed by atoms with Gasteiger partial charge < -0.3 is 9.84 Å². The van der Waals surface area contributed by atoms with E-state index in [1.807, 2.05) is 6.07 Å². The Morgan fingerprint density at radius 1 is 1.11 bits per heavy atom. The highest BCUT2D eigenvalue weighted by molar-refractivity contribution is 5.28. The summed E-state index contributed by atoms with van der Waals surface area (Å²) in [4.78, 5) is 0. The smallest absolute Gasteiger partial charge is 0.0731 e. The number of ether oxygens (including phenoxy) is 1. The van der Waals surface area contributed by atoms with Crippen LogP contribution in [0.3, 0.4) is 0 Å². The van der Waals surface area contributed by atoms with Crippen molar-refractivity contribution in [2.75, 3.05) is 0 Å². The Labute approximate surface area is 109 Å². The van der Waals surface area contributed by atoms with Crippen molar-refractivity contribution in [2.24, 2.45) is 5.92 Å². The Balaban J connectivity index is 1.73. The van der Waals surface area contributed by atoms with Crippen LogP contribution in [0.25, 0.3) is 0 Å². The Kier molecular flexibility index (Phi) is 2.95. The quantitative estimate of drug-likeness (QED) is 0.869. The molecule has 2 nitrogen and oxygen atoms in total. The molecule has 2 fully saturated rings. The van der Waals surface area contributed by atoms with Crippen LogP contribution in [0.1, 0.15) is 44.6 Å². The predicted octanol–water partition coefficient (Wildman–Crippen LogP) is 3.11. The Morgan fingerprint density at radius 2 is 1.72 bits per heavy atom. The molecule has 1 heterocycles. The van der Waals surface area contributed by atoms with Gasteiger partial charge in [0.2, 0.25) is 0 Å². The molecule has 0 aromatic heterocycles. The number of hydrogen-bond acceptors (Lipinski definition) is 2. The predicted molar refractivity (Wildman–Crippen MR) is 71.5 cm³/mol. The minimum atomic E-state index is -0.516. The third-order valence-corrected chi connectivity index (χ3v) is 4.45. The standard InChI is InChI=1S/C16H22O2/c1-11-9-16(17,10-12(2)18-11)15-8-14(15)13-6-4-3-5-7-13/h3-7,11-12,14-15,17H,8-10H2,1-2H3. The molecule has 0 bridgehead atoms. The van der Waals surface area contributed by atoms with Crippen LogP contribution in [0, 0.1) is 5.92 Å². The van der Waals surface area contributed by atoms with Gasteiger partial charge >= 0.3 is 0 Å². The largest absolute Gasteiger partial charge is 0.389 e. The SMILES string of the molecule is CC1CC(O)(C2CC2c2ccccc2)CC(C)O1. The Hall–Kier alpha value is -0.860. The van der Waals surface area contributed by atoms with Gasteiger partial charge in [0.15, 0.2) is 0 Å². The van der Waals surface area contributed by atoms with E-state index in [0.29, 0.717) is 11.8 Å². The fourth-order valence-electron chi connectivity index (χ4n) is 3.73. The summed E-state index contributed by atoms with van der Waals surface area (Å²) in [5.74, 6) is 0.974. The fraction of sp³-hybridized carbons (Fsp3) is 0.625. The first-order valence-corrected chi connectivity index (χ1v) is 7.01. The summed E-state index contributed by atoms with van der Waals surface area (Å²) in [6.45, 7) is 4.14. The normalized spacial score (nSPS) is 43.7. The molecule has 1 saturated carbocycles. The van der Waals surface area contributed by atoms with Gasteiger partial charge in [-0.15, -0.1) is 0 Å². The van der Waals surface area contributed by atoms with E-state index in [1.54, 1.807) is 0 Å². The zero-order valence-corrected chi connectivity index (χ0v) is 11.2. The lowest BCUT2D eigenvalue weighted by atomic mass is 9.82. The second kappa shape index (κ2) is 4.36. The van der Waals surface area contributed by atoms with Crippen molar-refractivity contribution < 1.29 is 9.84 Å². The molecule has 4 unspecified atom stereocenters. The third kappa shape index (κ3) is 2.19. The van der Waals surface area contributed by atoms with E-state index in [1.165, 1.54) is 5.56 Å². The van der Waals surface area contributed by atoms with E-state index in [-0.39, 0.29) is 12.2 Å². The van der Waals surface area contributed by atoms with Crippen LogP contribution in [-0.2, 0) is 4.74 Å². The molecule has 1 N–H and O–H groups in total. The second-order valence-electron chi connectivity index (χ2n) is 6.13. The zero-order valence-electron chi connectivity index (χ0n) is 11.2. The summed E-state index contributed by atoms with van der Waals surface area (Å²) < 4.78 is 5.74. The highest BCUT2D eigenvalue weighted by Crippen LogP contribution is 2.57. The van der Waals surface area contributed by atoms with Crippen LogP contribution >= 0.6 is 0 Å². The lowest BCUT2D eigenvalue weighted by molar-refractivity contribution is -0.141. The van der Waals surface area contributed by atoms with Gasteiger partial charge in [-0.05, 0) is 37.7 Å². The van der Waals surface area contributed by atoms with Crippen molar-refractivity contribution in [1.29, 1.82) is 0 Å². The number of hydrogen-bond donors (Lipinski definition) is 1. The van der Waals surface area contributed by atoms with Gasteiger partial charge in [0, 0.05) is 12.8 Å². The fourth-order valence-corrected chi connectivity index (χ4v) is 3.73. The van der Waals surface area contributed by atoms with Crippen LogP contribution in [0.2, 0.25) is 0 Å². The average Bonchev–Trinajstić information content (AvgIpc) is 3.08. The third-order valence-electron chi connectivity index (χ3n) is 4.45. The van der Waals surface area contributed by atoms with Crippen molar-refractivity contribution >= 4 is 0 Å². The minimum Gasteiger partial charge on any atom is -0.389 e. The molecule has 1 aliphatic heterocycles. The zero-order chi connectivity index (χ0) is 12.8. The first kappa shape index (κ1) is 12.2. The Bertz CT molecular complexity index is 404. The number of aliphatic hydroxyl groups is 1. The van der Waals surface area contributed by atoms with Gasteiger partial charge in [0.1, 0.15) is 0 Å². The van der Waals surface area contributed by atoms with Crippen LogP contribution in [0.4, 0.5) is 0 Å². The van der Waals surface area contributed by atoms with Gasteiger partial charge in [-0.25, -0.2) is 0 Å². The topological polar surface area (TPSA) is 29.5 Å². The monoisotopic (exact) mass is 246 g/mol. The van der Waals surface area contributed by atoms with Gasteiger partial charge in [-0.2, -0.15) is 0 Å². The maximum Gasteiger partial charge on any atom is 0.0731 e. The summed E-state index contributed by atoms with van der Waals surface area (Å²) in [5.41, 5.74) is 0.861. The highest BCUT2D eigenvalue weighted by Gasteiger charge is 2.54. The van der Waals surface area contributed by atoms with Crippen molar-refractivity contribution in [3.63, 3.8) is 0 Å². The maximum absolute atomic E-state index is 10.9. The summed E-state index contributed by atoms with van der Waals surface area (Å²) >= 11 is 0. The number of benzene rings is 1. The lowest BCUT2D eigenvalue weighted by Crippen LogP contribution is -2.45. The van der Waals surface area contributed by atoms with Gasteiger partial charge in [-0.1, -0.05) is 30.3 Å². The van der Waals surface area contributed by atoms with Crippen molar-refractivity contribution in [3.8, 4) is 0 Å². The van der Waals surface area contributed by atoms with E-state index in [9.17, 15) is 5.11 Å². The molecule has 4 atom stereocenters.